The molecule has 1 aromatic rings. The molecule has 3 aliphatic rings. The van der Waals surface area contributed by atoms with Gasteiger partial charge in [-0.25, -0.2) is 0 Å². The van der Waals surface area contributed by atoms with Gasteiger partial charge < -0.3 is 20.2 Å². The fraction of sp³-hybridized carbons (Fsp3) is 0.571. The average molecular weight is 385 g/mol. The van der Waals surface area contributed by atoms with Crippen LogP contribution in [0, 0.1) is 11.8 Å². The summed E-state index contributed by atoms with van der Waals surface area (Å²) >= 11 is 0. The van der Waals surface area contributed by atoms with Crippen LogP contribution in [0.15, 0.2) is 30.3 Å². The number of piperidine rings is 3. The van der Waals surface area contributed by atoms with Crippen LogP contribution < -0.4 is 5.32 Å². The third kappa shape index (κ3) is 3.51. The number of hydrogen-bond donors (Lipinski definition) is 2. The predicted molar refractivity (Wildman–Crippen MR) is 102 cm³/mol. The van der Waals surface area contributed by atoms with Crippen LogP contribution in [-0.2, 0) is 9.59 Å². The fourth-order valence-electron chi connectivity index (χ4n) is 5.23. The number of fused-ring (bicyclic) bond motifs is 4. The largest absolute Gasteiger partial charge is 0.387 e. The summed E-state index contributed by atoms with van der Waals surface area (Å²) in [4.78, 5) is 41.1. The topological polar surface area (TPSA) is 90.0 Å². The molecule has 4 rings (SSSR count). The molecule has 0 saturated carbocycles. The number of benzene rings is 1. The van der Waals surface area contributed by atoms with E-state index < -0.39 is 6.61 Å². The highest BCUT2D eigenvalue weighted by atomic mass is 16.3. The maximum Gasteiger partial charge on any atom is 0.251 e. The molecule has 3 heterocycles. The Labute approximate surface area is 164 Å². The summed E-state index contributed by atoms with van der Waals surface area (Å²) in [5, 5.41) is 12.3. The number of nitrogens with zero attached hydrogens (tertiary/aromatic N) is 2. The van der Waals surface area contributed by atoms with Crippen molar-refractivity contribution in [1.29, 1.82) is 0 Å². The van der Waals surface area contributed by atoms with Gasteiger partial charge in [0, 0.05) is 37.7 Å². The number of carbonyl (C=O) groups excluding carboxylic acids is 3. The van der Waals surface area contributed by atoms with Crippen molar-refractivity contribution in [2.45, 2.75) is 37.8 Å². The number of aliphatic hydroxyl groups excluding tert-OH is 1. The molecule has 3 aliphatic heterocycles. The van der Waals surface area contributed by atoms with Gasteiger partial charge in [-0.15, -0.1) is 0 Å². The van der Waals surface area contributed by atoms with Gasteiger partial charge in [0.15, 0.2) is 0 Å². The van der Waals surface area contributed by atoms with Crippen molar-refractivity contribution in [2.75, 3.05) is 26.2 Å². The van der Waals surface area contributed by atoms with E-state index in [1.807, 2.05) is 23.1 Å². The Hall–Kier alpha value is -2.41. The van der Waals surface area contributed by atoms with Crippen molar-refractivity contribution in [3.63, 3.8) is 0 Å². The summed E-state index contributed by atoms with van der Waals surface area (Å²) in [7, 11) is 0. The Morgan fingerprint density at radius 1 is 1.14 bits per heavy atom. The number of carbonyl (C=O) groups is 3. The first-order valence-corrected chi connectivity index (χ1v) is 10.1. The highest BCUT2D eigenvalue weighted by Gasteiger charge is 2.49. The smallest absolute Gasteiger partial charge is 0.251 e. The van der Waals surface area contributed by atoms with E-state index in [0.717, 1.165) is 19.3 Å². The molecular weight excluding hydrogens is 358 g/mol. The van der Waals surface area contributed by atoms with Gasteiger partial charge >= 0.3 is 0 Å². The number of hydrogen-bond acceptors (Lipinski definition) is 4. The summed E-state index contributed by atoms with van der Waals surface area (Å²) in [6.45, 7) is 1.03. The Bertz CT molecular complexity index is 753. The lowest BCUT2D eigenvalue weighted by molar-refractivity contribution is -0.156. The quantitative estimate of drug-likeness (QED) is 0.796. The molecule has 4 atom stereocenters. The predicted octanol–water partition coefficient (Wildman–Crippen LogP) is 0.637. The molecule has 28 heavy (non-hydrogen) atoms. The van der Waals surface area contributed by atoms with Crippen molar-refractivity contribution in [1.82, 2.24) is 15.1 Å². The lowest BCUT2D eigenvalue weighted by Gasteiger charge is -2.56. The molecule has 0 spiro atoms. The Morgan fingerprint density at radius 3 is 2.64 bits per heavy atom. The van der Waals surface area contributed by atoms with E-state index in [1.54, 1.807) is 17.0 Å². The molecule has 150 valence electrons. The van der Waals surface area contributed by atoms with Crippen LogP contribution in [0.1, 0.15) is 36.0 Å². The summed E-state index contributed by atoms with van der Waals surface area (Å²) < 4.78 is 0. The Balaban J connectivity index is 1.53. The lowest BCUT2D eigenvalue weighted by Crippen LogP contribution is -2.67. The zero-order valence-corrected chi connectivity index (χ0v) is 15.9. The van der Waals surface area contributed by atoms with Gasteiger partial charge in [-0.05, 0) is 43.2 Å². The van der Waals surface area contributed by atoms with E-state index in [2.05, 4.69) is 5.32 Å². The monoisotopic (exact) mass is 385 g/mol. The number of nitrogens with one attached hydrogen (secondary N) is 1. The molecule has 1 aromatic carbocycles. The molecule has 7 heteroatoms. The normalized spacial score (nSPS) is 29.2. The molecular formula is C21H27N3O4. The van der Waals surface area contributed by atoms with Crippen LogP contribution in [-0.4, -0.2) is 71.0 Å². The molecule has 0 radical (unpaired) electrons. The maximum absolute atomic E-state index is 12.7. The van der Waals surface area contributed by atoms with Crippen LogP contribution in [0.3, 0.4) is 0 Å². The highest BCUT2D eigenvalue weighted by Crippen LogP contribution is 2.41. The van der Waals surface area contributed by atoms with E-state index in [4.69, 9.17) is 0 Å². The minimum absolute atomic E-state index is 0.114. The van der Waals surface area contributed by atoms with Gasteiger partial charge in [0.05, 0.1) is 6.04 Å². The zero-order chi connectivity index (χ0) is 19.7. The first-order chi connectivity index (χ1) is 13.6. The van der Waals surface area contributed by atoms with Crippen molar-refractivity contribution in [2.24, 2.45) is 11.8 Å². The number of rotatable bonds is 4. The zero-order valence-electron chi connectivity index (χ0n) is 15.9. The molecule has 7 nitrogen and oxygen atoms in total. The molecule has 0 aliphatic carbocycles. The number of aliphatic hydroxyl groups is 1. The summed E-state index contributed by atoms with van der Waals surface area (Å²) in [5.74, 6) is 0.121. The van der Waals surface area contributed by atoms with Gasteiger partial charge in [-0.2, -0.15) is 0 Å². The van der Waals surface area contributed by atoms with Crippen LogP contribution >= 0.6 is 0 Å². The van der Waals surface area contributed by atoms with E-state index in [0.29, 0.717) is 31.6 Å². The average Bonchev–Trinajstić information content (AvgIpc) is 2.73. The second kappa shape index (κ2) is 7.91. The van der Waals surface area contributed by atoms with Gasteiger partial charge in [-0.3, -0.25) is 14.4 Å². The summed E-state index contributed by atoms with van der Waals surface area (Å²) in [6.07, 6.45) is 3.32. The Morgan fingerprint density at radius 2 is 1.89 bits per heavy atom. The van der Waals surface area contributed by atoms with Gasteiger partial charge in [0.25, 0.3) is 5.91 Å². The van der Waals surface area contributed by atoms with Gasteiger partial charge in [-0.1, -0.05) is 18.2 Å². The summed E-state index contributed by atoms with van der Waals surface area (Å²) in [6, 6.07) is 9.05. The minimum Gasteiger partial charge on any atom is -0.387 e. The van der Waals surface area contributed by atoms with Crippen molar-refractivity contribution >= 4 is 17.7 Å². The first-order valence-electron chi connectivity index (χ1n) is 10.1. The molecule has 0 aromatic heterocycles. The summed E-state index contributed by atoms with van der Waals surface area (Å²) in [5.41, 5.74) is 0.596. The standard InChI is InChI=1S/C21H27N3O4/c25-13-20(27)23-11-15-9-16(12-23)18(24-17(15)7-4-8-19(24)26)10-22-21(28)14-5-2-1-3-6-14/h1-3,5-6,15-18,25H,4,7-13H2,(H,22,28)/t15-,16+,17+,18+/m1/s1. The second-order valence-corrected chi connectivity index (χ2v) is 8.12. The first kappa shape index (κ1) is 18.9. The Kier molecular flexibility index (Phi) is 5.35. The SMILES string of the molecule is O=C(NC[C@H]1[C@H]2C[C@H](CN(C(=O)CO)C2)[C@@H]2CCCC(=O)N21)c1ccccc1. The molecule has 3 fully saturated rings. The number of amides is 3. The molecule has 3 amide bonds. The third-order valence-corrected chi connectivity index (χ3v) is 6.49. The van der Waals surface area contributed by atoms with Gasteiger partial charge in [0.2, 0.25) is 11.8 Å². The van der Waals surface area contributed by atoms with Crippen LogP contribution in [0.2, 0.25) is 0 Å². The minimum atomic E-state index is -0.484. The van der Waals surface area contributed by atoms with Crippen LogP contribution in [0.4, 0.5) is 0 Å². The maximum atomic E-state index is 12.7. The van der Waals surface area contributed by atoms with Crippen molar-refractivity contribution in [3.05, 3.63) is 35.9 Å². The second-order valence-electron chi connectivity index (χ2n) is 8.12. The highest BCUT2D eigenvalue weighted by molar-refractivity contribution is 5.94. The number of likely N-dealkylation sites (tertiary alicyclic amines) is 1. The van der Waals surface area contributed by atoms with Crippen LogP contribution in [0.5, 0.6) is 0 Å². The third-order valence-electron chi connectivity index (χ3n) is 6.49. The molecule has 3 saturated heterocycles. The lowest BCUT2D eigenvalue weighted by atomic mass is 9.72. The van der Waals surface area contributed by atoms with E-state index >= 15 is 0 Å². The van der Waals surface area contributed by atoms with E-state index in [1.165, 1.54) is 0 Å². The van der Waals surface area contributed by atoms with Crippen molar-refractivity contribution in [3.8, 4) is 0 Å². The van der Waals surface area contributed by atoms with Gasteiger partial charge in [0.1, 0.15) is 6.61 Å². The molecule has 2 N–H and O–H groups in total. The van der Waals surface area contributed by atoms with E-state index in [9.17, 15) is 19.5 Å². The molecule has 2 bridgehead atoms. The van der Waals surface area contributed by atoms with Crippen molar-refractivity contribution < 1.29 is 19.5 Å². The van der Waals surface area contributed by atoms with E-state index in [-0.39, 0.29) is 41.6 Å². The molecule has 0 unspecified atom stereocenters. The fourth-order valence-corrected chi connectivity index (χ4v) is 5.23. The van der Waals surface area contributed by atoms with Crippen LogP contribution in [0.25, 0.3) is 0 Å².